The van der Waals surface area contributed by atoms with Gasteiger partial charge in [-0.15, -0.1) is 0 Å². The van der Waals surface area contributed by atoms with Crippen LogP contribution in [0.25, 0.3) is 5.70 Å². The van der Waals surface area contributed by atoms with Crippen LogP contribution in [0.5, 0.6) is 0 Å². The Morgan fingerprint density at radius 3 is 2.70 bits per heavy atom. The molecule has 1 saturated carbocycles. The second-order valence-corrected chi connectivity index (χ2v) is 5.97. The van der Waals surface area contributed by atoms with Crippen LogP contribution in [-0.4, -0.2) is 9.78 Å². The Morgan fingerprint density at radius 1 is 1.15 bits per heavy atom. The van der Waals surface area contributed by atoms with Crippen molar-refractivity contribution < 1.29 is 0 Å². The van der Waals surface area contributed by atoms with Gasteiger partial charge in [-0.3, -0.25) is 0 Å². The lowest BCUT2D eigenvalue weighted by Crippen LogP contribution is -2.07. The fraction of sp³-hybridized carbons (Fsp3) is 0.471. The van der Waals surface area contributed by atoms with Gasteiger partial charge in [-0.1, -0.05) is 43.1 Å². The smallest absolute Gasteiger partial charge is 0.127 e. The minimum Gasteiger partial charge on any atom is -0.384 e. The van der Waals surface area contributed by atoms with E-state index >= 15 is 0 Å². The molecular weight excluding hydrogens is 246 g/mol. The van der Waals surface area contributed by atoms with E-state index in [9.17, 15) is 0 Å². The number of nitrogens with two attached hydrogens (primary N) is 1. The number of hydrogen-bond donors (Lipinski definition) is 1. The molecule has 2 aliphatic carbocycles. The van der Waals surface area contributed by atoms with Crippen molar-refractivity contribution in [1.82, 2.24) is 9.78 Å². The van der Waals surface area contributed by atoms with E-state index in [1.165, 1.54) is 43.4 Å². The Bertz CT molecular complexity index is 569. The van der Waals surface area contributed by atoms with Gasteiger partial charge in [0.05, 0.1) is 5.69 Å². The van der Waals surface area contributed by atoms with Crippen molar-refractivity contribution in [3.05, 3.63) is 41.6 Å². The summed E-state index contributed by atoms with van der Waals surface area (Å²) in [6.07, 6.45) is 15.8. The Balaban J connectivity index is 1.87. The van der Waals surface area contributed by atoms with Crippen LogP contribution >= 0.6 is 0 Å². The average Bonchev–Trinajstić information content (AvgIpc) is 2.72. The van der Waals surface area contributed by atoms with E-state index in [0.29, 0.717) is 5.92 Å². The molecule has 0 aromatic carbocycles. The summed E-state index contributed by atoms with van der Waals surface area (Å²) < 4.78 is 1.93. The van der Waals surface area contributed by atoms with Crippen LogP contribution in [0.2, 0.25) is 0 Å². The zero-order valence-corrected chi connectivity index (χ0v) is 12.2. The van der Waals surface area contributed by atoms with Crippen molar-refractivity contribution in [3.63, 3.8) is 0 Å². The molecule has 106 valence electrons. The predicted molar refractivity (Wildman–Crippen MR) is 84.3 cm³/mol. The summed E-state index contributed by atoms with van der Waals surface area (Å²) in [7, 11) is 0. The first-order valence-corrected chi connectivity index (χ1v) is 7.63. The predicted octanol–water partition coefficient (Wildman–Crippen LogP) is 4.26. The maximum Gasteiger partial charge on any atom is 0.127 e. The molecule has 2 aliphatic rings. The van der Waals surface area contributed by atoms with Crippen LogP contribution in [0, 0.1) is 0 Å². The van der Waals surface area contributed by atoms with Gasteiger partial charge in [-0.2, -0.15) is 5.10 Å². The Hall–Kier alpha value is -1.77. The molecule has 3 nitrogen and oxygen atoms in total. The molecule has 0 aliphatic heterocycles. The van der Waals surface area contributed by atoms with E-state index in [0.717, 1.165) is 17.9 Å². The number of anilines is 1. The van der Waals surface area contributed by atoms with E-state index in [-0.39, 0.29) is 0 Å². The molecule has 0 saturated heterocycles. The molecule has 1 aromatic heterocycles. The molecule has 1 aromatic rings. The molecule has 0 radical (unpaired) electrons. The third-order valence-corrected chi connectivity index (χ3v) is 4.29. The number of nitrogen functional groups attached to an aromatic ring is 1. The summed E-state index contributed by atoms with van der Waals surface area (Å²) in [6, 6.07) is 2.07. The molecule has 0 spiro atoms. The summed E-state index contributed by atoms with van der Waals surface area (Å²) in [6.45, 7) is 2.14. The van der Waals surface area contributed by atoms with Crippen molar-refractivity contribution in [1.29, 1.82) is 0 Å². The molecule has 20 heavy (non-hydrogen) atoms. The van der Waals surface area contributed by atoms with E-state index in [1.54, 1.807) is 0 Å². The van der Waals surface area contributed by atoms with Crippen molar-refractivity contribution in [3.8, 4) is 0 Å². The quantitative estimate of drug-likeness (QED) is 0.871. The highest BCUT2D eigenvalue weighted by Crippen LogP contribution is 2.33. The van der Waals surface area contributed by atoms with Crippen molar-refractivity contribution in [2.75, 3.05) is 5.73 Å². The summed E-state index contributed by atoms with van der Waals surface area (Å²) in [4.78, 5) is 0. The second-order valence-electron chi connectivity index (χ2n) is 5.97. The molecule has 0 bridgehead atoms. The minimum absolute atomic E-state index is 0.603. The highest BCUT2D eigenvalue weighted by Gasteiger charge is 2.20. The highest BCUT2D eigenvalue weighted by atomic mass is 15.3. The fourth-order valence-corrected chi connectivity index (χ4v) is 3.18. The summed E-state index contributed by atoms with van der Waals surface area (Å²) in [5, 5.41) is 4.80. The first-order valence-electron chi connectivity index (χ1n) is 7.63. The van der Waals surface area contributed by atoms with Gasteiger partial charge >= 0.3 is 0 Å². The maximum atomic E-state index is 6.19. The molecule has 0 amide bonds. The molecule has 3 heteroatoms. The molecule has 2 N–H and O–H groups in total. The van der Waals surface area contributed by atoms with E-state index in [1.807, 2.05) is 4.68 Å². The first kappa shape index (κ1) is 13.2. The molecular formula is C17H23N3. The van der Waals surface area contributed by atoms with E-state index in [2.05, 4.69) is 37.3 Å². The number of hydrogen-bond acceptors (Lipinski definition) is 2. The molecule has 0 atom stereocenters. The van der Waals surface area contributed by atoms with Gasteiger partial charge in [0.25, 0.3) is 0 Å². The first-order chi connectivity index (χ1) is 9.74. The second kappa shape index (κ2) is 5.70. The highest BCUT2D eigenvalue weighted by molar-refractivity contribution is 5.58. The summed E-state index contributed by atoms with van der Waals surface area (Å²) >= 11 is 0. The maximum absolute atomic E-state index is 6.19. The van der Waals surface area contributed by atoms with Crippen LogP contribution in [0.4, 0.5) is 5.82 Å². The van der Waals surface area contributed by atoms with Gasteiger partial charge in [0, 0.05) is 24.1 Å². The number of nitrogens with zero attached hydrogens (tertiary/aromatic N) is 2. The normalized spacial score (nSPS) is 20.4. The minimum atomic E-state index is 0.603. The van der Waals surface area contributed by atoms with Gasteiger partial charge in [0.15, 0.2) is 0 Å². The van der Waals surface area contributed by atoms with Crippen molar-refractivity contribution in [2.24, 2.45) is 0 Å². The van der Waals surface area contributed by atoms with Crippen LogP contribution in [0.1, 0.15) is 57.1 Å². The largest absolute Gasteiger partial charge is 0.384 e. The Kier molecular flexibility index (Phi) is 3.77. The molecule has 1 fully saturated rings. The van der Waals surface area contributed by atoms with Crippen molar-refractivity contribution >= 4 is 11.5 Å². The standard InChI is InChI=1S/C17H23N3/c1-13-7-5-6-10-15(11-13)20-17(18)12-16(19-20)14-8-3-2-4-9-14/h5-7,10,12,14H,2-4,8-9,11,18H2,1H3. The lowest BCUT2D eigenvalue weighted by Gasteiger charge is -2.19. The summed E-state index contributed by atoms with van der Waals surface area (Å²) in [5.41, 5.74) is 9.86. The topological polar surface area (TPSA) is 43.8 Å². The number of allylic oxidation sites excluding steroid dienone is 6. The molecule has 1 heterocycles. The molecule has 3 rings (SSSR count). The zero-order chi connectivity index (χ0) is 13.9. The number of aromatic nitrogens is 2. The monoisotopic (exact) mass is 269 g/mol. The summed E-state index contributed by atoms with van der Waals surface area (Å²) in [5.74, 6) is 1.37. The number of rotatable bonds is 2. The fourth-order valence-electron chi connectivity index (χ4n) is 3.18. The Morgan fingerprint density at radius 2 is 1.90 bits per heavy atom. The average molecular weight is 269 g/mol. The SMILES string of the molecule is CC1=CC=CC=C(n2nc(C3CCCCC3)cc2N)C1. The Labute approximate surface area is 120 Å². The van der Waals surface area contributed by atoms with Crippen LogP contribution in [0.3, 0.4) is 0 Å². The van der Waals surface area contributed by atoms with Gasteiger partial charge in [0.2, 0.25) is 0 Å². The molecule has 0 unspecified atom stereocenters. The van der Waals surface area contributed by atoms with Crippen molar-refractivity contribution in [2.45, 2.75) is 51.4 Å². The van der Waals surface area contributed by atoms with Gasteiger partial charge < -0.3 is 5.73 Å². The van der Waals surface area contributed by atoms with Gasteiger partial charge in [0.1, 0.15) is 5.82 Å². The lowest BCUT2D eigenvalue weighted by atomic mass is 9.87. The van der Waals surface area contributed by atoms with E-state index in [4.69, 9.17) is 10.8 Å². The van der Waals surface area contributed by atoms with Gasteiger partial charge in [-0.05, 0) is 25.8 Å². The van der Waals surface area contributed by atoms with Crippen LogP contribution in [-0.2, 0) is 0 Å². The third kappa shape index (κ3) is 2.72. The van der Waals surface area contributed by atoms with Gasteiger partial charge in [-0.25, -0.2) is 4.68 Å². The van der Waals surface area contributed by atoms with E-state index < -0.39 is 0 Å². The third-order valence-electron chi connectivity index (χ3n) is 4.29. The lowest BCUT2D eigenvalue weighted by molar-refractivity contribution is 0.435. The zero-order valence-electron chi connectivity index (χ0n) is 12.2. The van der Waals surface area contributed by atoms with Crippen LogP contribution < -0.4 is 5.73 Å². The van der Waals surface area contributed by atoms with Crippen LogP contribution in [0.15, 0.2) is 35.9 Å².